The van der Waals surface area contributed by atoms with Crippen molar-refractivity contribution in [1.29, 1.82) is 0 Å². The van der Waals surface area contributed by atoms with Crippen LogP contribution in [0.4, 0.5) is 17.2 Å². The Kier molecular flexibility index (Phi) is 8.12. The van der Waals surface area contributed by atoms with Gasteiger partial charge in [-0.2, -0.15) is 0 Å². The first kappa shape index (κ1) is 34.4. The average molecular weight is 748 g/mol. The van der Waals surface area contributed by atoms with Crippen molar-refractivity contribution in [2.45, 2.75) is 43.4 Å². The molecule has 0 spiro atoms. The Labute approximate surface area is 318 Å². The predicted octanol–water partition coefficient (Wildman–Crippen LogP) is 1.38. The number of hydrogen-bond acceptors (Lipinski definition) is 13. The molecule has 5 fully saturated rings. The summed E-state index contributed by atoms with van der Waals surface area (Å²) in [5.74, 6) is 1.01. The molecule has 10 rings (SSSR count). The predicted molar refractivity (Wildman–Crippen MR) is 202 cm³/mol. The van der Waals surface area contributed by atoms with Crippen LogP contribution < -0.4 is 20.4 Å². The molecule has 5 atom stereocenters. The quantitative estimate of drug-likeness (QED) is 0.256. The lowest BCUT2D eigenvalue weighted by Gasteiger charge is -2.46. The van der Waals surface area contributed by atoms with Crippen LogP contribution in [0.1, 0.15) is 46.4 Å². The maximum absolute atomic E-state index is 13.3. The number of aromatic hydroxyl groups is 1. The molecule has 6 aliphatic heterocycles. The molecule has 4 N–H and O–H groups in total. The Balaban J connectivity index is 0.702. The van der Waals surface area contributed by atoms with Crippen molar-refractivity contribution in [2.75, 3.05) is 80.6 Å². The zero-order chi connectivity index (χ0) is 37.6. The molecule has 1 aromatic heterocycles. The number of β-amino-alcohol motifs (C(OH)–C–C–N with tert-alkyl or cyclic N) is 1. The fraction of sp³-hybridized carbons (Fsp3) is 0.500. The lowest BCUT2D eigenvalue weighted by atomic mass is 9.90. The number of piperidine rings is 3. The van der Waals surface area contributed by atoms with Crippen LogP contribution in [-0.4, -0.2) is 142 Å². The van der Waals surface area contributed by atoms with E-state index >= 15 is 0 Å². The number of phenolic OH excluding ortho intramolecular Hbond substituents is 1. The number of aliphatic hydroxyl groups is 1. The van der Waals surface area contributed by atoms with E-state index < -0.39 is 35.3 Å². The standard InChI is InChI=1S/C40H45N9O6/c50-34-4-2-1-3-26(34)31-16-33-36(44-43-31)41-17-24-18-45(13-14-48(24)33)19-28-29-20-46(21-30(28)29)22-40(55)9-11-47(12-10-40)23-5-6-25-27(15-23)39(54)49(38(25)53)32-7-8-35(51)42-37(32)52/h1-6,15-16,24,28-30,32,50,55H,7-14,17-22H2,(H,41,44)(H,42,51,52)/t24-,28-,29-,30+,32?/m0/s1. The van der Waals surface area contributed by atoms with Gasteiger partial charge in [-0.05, 0) is 73.4 Å². The van der Waals surface area contributed by atoms with Crippen molar-refractivity contribution >= 4 is 40.8 Å². The largest absolute Gasteiger partial charge is 0.507 e. The smallest absolute Gasteiger partial charge is 0.262 e. The zero-order valence-corrected chi connectivity index (χ0v) is 30.6. The van der Waals surface area contributed by atoms with E-state index in [1.54, 1.807) is 24.3 Å². The lowest BCUT2D eigenvalue weighted by Crippen LogP contribution is -2.58. The number of imide groups is 2. The number of piperazine rings is 1. The maximum atomic E-state index is 13.3. The molecule has 4 saturated heterocycles. The van der Waals surface area contributed by atoms with Crippen LogP contribution >= 0.6 is 0 Å². The van der Waals surface area contributed by atoms with Gasteiger partial charge in [-0.3, -0.25) is 39.2 Å². The summed E-state index contributed by atoms with van der Waals surface area (Å²) in [6.45, 7) is 8.81. The molecule has 55 heavy (non-hydrogen) atoms. The van der Waals surface area contributed by atoms with Gasteiger partial charge in [0.05, 0.1) is 34.2 Å². The SMILES string of the molecule is O=C1CCC(N2C(=O)c3ccc(N4CCC(O)(CN5C[C@@H]6[C@@H](CN7CCN8c9cc(-c%10ccccc%10O)nnc9NC[C@H]8C7)[C@@H]6C5)CC4)cc3C2=O)C(=O)N1. The molecule has 7 aliphatic rings. The summed E-state index contributed by atoms with van der Waals surface area (Å²) in [4.78, 5) is 61.2. The van der Waals surface area contributed by atoms with Crippen LogP contribution in [0.5, 0.6) is 5.75 Å². The van der Waals surface area contributed by atoms with E-state index in [-0.39, 0.29) is 29.7 Å². The van der Waals surface area contributed by atoms with Crippen LogP contribution in [0.15, 0.2) is 48.5 Å². The highest BCUT2D eigenvalue weighted by Gasteiger charge is 2.56. The van der Waals surface area contributed by atoms with Crippen LogP contribution in [0.25, 0.3) is 11.3 Å². The molecule has 3 aromatic rings. The monoisotopic (exact) mass is 747 g/mol. The molecule has 1 unspecified atom stereocenters. The molecular formula is C40H45N9O6. The molecule has 0 bridgehead atoms. The van der Waals surface area contributed by atoms with Gasteiger partial charge in [-0.15, -0.1) is 10.2 Å². The van der Waals surface area contributed by atoms with E-state index in [9.17, 15) is 29.4 Å². The highest BCUT2D eigenvalue weighted by atomic mass is 16.3. The molecule has 1 aliphatic carbocycles. The summed E-state index contributed by atoms with van der Waals surface area (Å²) in [5.41, 5.74) is 2.98. The Morgan fingerprint density at radius 2 is 1.62 bits per heavy atom. The van der Waals surface area contributed by atoms with E-state index in [2.05, 4.69) is 40.4 Å². The van der Waals surface area contributed by atoms with Crippen molar-refractivity contribution in [3.05, 3.63) is 59.7 Å². The van der Waals surface area contributed by atoms with E-state index in [0.29, 0.717) is 67.5 Å². The molecule has 2 aromatic carbocycles. The third-order valence-corrected chi connectivity index (χ3v) is 13.3. The van der Waals surface area contributed by atoms with Crippen LogP contribution in [0.3, 0.4) is 0 Å². The third-order valence-electron chi connectivity index (χ3n) is 13.3. The number of nitrogens with zero attached hydrogens (tertiary/aromatic N) is 7. The zero-order valence-electron chi connectivity index (χ0n) is 30.6. The molecule has 286 valence electrons. The van der Waals surface area contributed by atoms with Gasteiger partial charge in [0.25, 0.3) is 11.8 Å². The summed E-state index contributed by atoms with van der Waals surface area (Å²) in [5, 5.41) is 36.6. The summed E-state index contributed by atoms with van der Waals surface area (Å²) >= 11 is 0. The van der Waals surface area contributed by atoms with Gasteiger partial charge in [-0.1, -0.05) is 12.1 Å². The summed E-state index contributed by atoms with van der Waals surface area (Å²) in [6.07, 6.45) is 1.42. The number of anilines is 3. The highest BCUT2D eigenvalue weighted by molar-refractivity contribution is 6.23. The van der Waals surface area contributed by atoms with Gasteiger partial charge in [0.1, 0.15) is 11.8 Å². The first-order chi connectivity index (χ1) is 26.6. The van der Waals surface area contributed by atoms with Crippen molar-refractivity contribution in [1.82, 2.24) is 30.2 Å². The second-order valence-corrected chi connectivity index (χ2v) is 16.5. The number of phenols is 1. The van der Waals surface area contributed by atoms with Crippen LogP contribution in [0, 0.1) is 17.8 Å². The topological polar surface area (TPSA) is 175 Å². The molecular weight excluding hydrogens is 702 g/mol. The van der Waals surface area contributed by atoms with E-state index in [0.717, 1.165) is 67.9 Å². The maximum Gasteiger partial charge on any atom is 0.262 e. The normalized spacial score (nSPS) is 28.7. The number of carbonyl (C=O) groups excluding carboxylic acids is 4. The Bertz CT molecular complexity index is 2090. The molecule has 15 heteroatoms. The van der Waals surface area contributed by atoms with Gasteiger partial charge in [-0.25, -0.2) is 0 Å². The second kappa shape index (κ2) is 13.0. The average Bonchev–Trinajstić information content (AvgIpc) is 3.49. The first-order valence-electron chi connectivity index (χ1n) is 19.6. The van der Waals surface area contributed by atoms with Gasteiger partial charge in [0.2, 0.25) is 11.8 Å². The van der Waals surface area contributed by atoms with Crippen molar-refractivity contribution < 1.29 is 29.4 Å². The number of benzene rings is 2. The minimum absolute atomic E-state index is 0.0832. The number of aromatic nitrogens is 2. The van der Waals surface area contributed by atoms with Crippen molar-refractivity contribution in [3.63, 3.8) is 0 Å². The Morgan fingerprint density at radius 1 is 0.836 bits per heavy atom. The fourth-order valence-electron chi connectivity index (χ4n) is 10.2. The van der Waals surface area contributed by atoms with Crippen molar-refractivity contribution in [2.24, 2.45) is 17.8 Å². The number of rotatable bonds is 7. The van der Waals surface area contributed by atoms with E-state index in [1.165, 1.54) is 0 Å². The molecule has 7 heterocycles. The van der Waals surface area contributed by atoms with Crippen LogP contribution in [0.2, 0.25) is 0 Å². The molecule has 1 saturated carbocycles. The van der Waals surface area contributed by atoms with Gasteiger partial charge in [0, 0.05) is 83.1 Å². The summed E-state index contributed by atoms with van der Waals surface area (Å²) in [6, 6.07) is 13.8. The summed E-state index contributed by atoms with van der Waals surface area (Å²) < 4.78 is 0. The fourth-order valence-corrected chi connectivity index (χ4v) is 10.2. The van der Waals surface area contributed by atoms with Gasteiger partial charge in [0.15, 0.2) is 5.82 Å². The third kappa shape index (κ3) is 5.99. The number of carbonyl (C=O) groups is 4. The number of para-hydroxylation sites is 1. The van der Waals surface area contributed by atoms with E-state index in [4.69, 9.17) is 0 Å². The lowest BCUT2D eigenvalue weighted by molar-refractivity contribution is -0.136. The number of fused-ring (bicyclic) bond motifs is 5. The number of nitrogens with one attached hydrogen (secondary N) is 2. The number of amides is 4. The van der Waals surface area contributed by atoms with Crippen LogP contribution in [-0.2, 0) is 9.59 Å². The Morgan fingerprint density at radius 3 is 2.40 bits per heavy atom. The summed E-state index contributed by atoms with van der Waals surface area (Å²) in [7, 11) is 0. The minimum Gasteiger partial charge on any atom is -0.507 e. The number of hydrogen-bond donors (Lipinski definition) is 4. The van der Waals surface area contributed by atoms with Crippen molar-refractivity contribution in [3.8, 4) is 17.0 Å². The molecule has 0 radical (unpaired) electrons. The first-order valence-corrected chi connectivity index (χ1v) is 19.6. The number of likely N-dealkylation sites (tertiary alicyclic amines) is 1. The minimum atomic E-state index is -0.988. The second-order valence-electron chi connectivity index (χ2n) is 16.5. The van der Waals surface area contributed by atoms with E-state index in [1.807, 2.05) is 24.3 Å². The molecule has 15 nitrogen and oxygen atoms in total. The van der Waals surface area contributed by atoms with Gasteiger partial charge >= 0.3 is 0 Å². The van der Waals surface area contributed by atoms with Gasteiger partial charge < -0.3 is 25.3 Å². The Hall–Kier alpha value is -5.12. The highest BCUT2D eigenvalue weighted by Crippen LogP contribution is 2.52. The molecule has 4 amide bonds.